The number of hydrogen-bond donors (Lipinski definition) is 1. The third-order valence-electron chi connectivity index (χ3n) is 3.06. The zero-order valence-electron chi connectivity index (χ0n) is 11.3. The zero-order valence-corrected chi connectivity index (χ0v) is 12.9. The SMILES string of the molecule is Cc1ccc2cc(CSCC(C)CN)c(Cl)nc2c1. The van der Waals surface area contributed by atoms with Crippen LogP contribution in [0.25, 0.3) is 10.9 Å². The summed E-state index contributed by atoms with van der Waals surface area (Å²) in [4.78, 5) is 4.48. The predicted molar refractivity (Wildman–Crippen MR) is 85.9 cm³/mol. The van der Waals surface area contributed by atoms with Crippen LogP contribution in [0.15, 0.2) is 24.3 Å². The standard InChI is InChI=1S/C15H19ClN2S/c1-10-3-4-12-6-13(9-19-8-11(2)7-17)15(16)18-14(12)5-10/h3-6,11H,7-9,17H2,1-2H3. The number of pyridine rings is 1. The number of fused-ring (bicyclic) bond motifs is 1. The van der Waals surface area contributed by atoms with E-state index in [1.807, 2.05) is 11.8 Å². The highest BCUT2D eigenvalue weighted by molar-refractivity contribution is 7.98. The molecule has 0 aliphatic heterocycles. The van der Waals surface area contributed by atoms with Gasteiger partial charge in [0.25, 0.3) is 0 Å². The summed E-state index contributed by atoms with van der Waals surface area (Å²) in [6.07, 6.45) is 0. The molecule has 0 aliphatic carbocycles. The topological polar surface area (TPSA) is 38.9 Å². The van der Waals surface area contributed by atoms with E-state index >= 15 is 0 Å². The summed E-state index contributed by atoms with van der Waals surface area (Å²) < 4.78 is 0. The first-order valence-corrected chi connectivity index (χ1v) is 7.97. The van der Waals surface area contributed by atoms with Crippen LogP contribution in [0.1, 0.15) is 18.1 Å². The fraction of sp³-hybridized carbons (Fsp3) is 0.400. The summed E-state index contributed by atoms with van der Waals surface area (Å²) in [5.74, 6) is 2.48. The molecule has 0 bridgehead atoms. The molecule has 1 heterocycles. The van der Waals surface area contributed by atoms with Gasteiger partial charge in [0, 0.05) is 16.7 Å². The van der Waals surface area contributed by atoms with Crippen molar-refractivity contribution in [1.29, 1.82) is 0 Å². The van der Waals surface area contributed by atoms with Crippen molar-refractivity contribution < 1.29 is 0 Å². The number of halogens is 1. The van der Waals surface area contributed by atoms with Crippen molar-refractivity contribution >= 4 is 34.3 Å². The first kappa shape index (κ1) is 14.6. The van der Waals surface area contributed by atoms with Crippen molar-refractivity contribution in [1.82, 2.24) is 4.98 Å². The smallest absolute Gasteiger partial charge is 0.133 e. The lowest BCUT2D eigenvalue weighted by atomic mass is 10.1. The number of aromatic nitrogens is 1. The molecule has 1 unspecified atom stereocenters. The van der Waals surface area contributed by atoms with Crippen LogP contribution in [0, 0.1) is 12.8 Å². The lowest BCUT2D eigenvalue weighted by Gasteiger charge is -2.09. The second-order valence-electron chi connectivity index (χ2n) is 4.99. The Morgan fingerprint density at radius 1 is 1.37 bits per heavy atom. The predicted octanol–water partition coefficient (Wildman–Crippen LogP) is 4.02. The van der Waals surface area contributed by atoms with Gasteiger partial charge in [0.05, 0.1) is 5.52 Å². The van der Waals surface area contributed by atoms with Crippen molar-refractivity contribution in [3.8, 4) is 0 Å². The highest BCUT2D eigenvalue weighted by Gasteiger charge is 2.06. The molecule has 2 rings (SSSR count). The molecule has 0 saturated heterocycles. The van der Waals surface area contributed by atoms with Gasteiger partial charge in [0.15, 0.2) is 0 Å². The molecular formula is C15H19ClN2S. The molecule has 2 nitrogen and oxygen atoms in total. The fourth-order valence-electron chi connectivity index (χ4n) is 1.84. The van der Waals surface area contributed by atoms with Gasteiger partial charge in [0.1, 0.15) is 5.15 Å². The van der Waals surface area contributed by atoms with Crippen molar-refractivity contribution in [2.24, 2.45) is 11.7 Å². The average molecular weight is 295 g/mol. The molecule has 0 fully saturated rings. The first-order valence-electron chi connectivity index (χ1n) is 6.43. The third-order valence-corrected chi connectivity index (χ3v) is 4.71. The normalized spacial score (nSPS) is 12.8. The van der Waals surface area contributed by atoms with E-state index < -0.39 is 0 Å². The van der Waals surface area contributed by atoms with E-state index in [9.17, 15) is 0 Å². The summed E-state index contributed by atoms with van der Waals surface area (Å²) in [5.41, 5.74) is 8.89. The highest BCUT2D eigenvalue weighted by atomic mass is 35.5. The number of nitrogens with two attached hydrogens (primary N) is 1. The maximum atomic E-state index is 6.26. The summed E-state index contributed by atoms with van der Waals surface area (Å²) in [5, 5.41) is 1.77. The van der Waals surface area contributed by atoms with Gasteiger partial charge >= 0.3 is 0 Å². The number of aryl methyl sites for hydroxylation is 1. The van der Waals surface area contributed by atoms with Gasteiger partial charge in [-0.3, -0.25) is 0 Å². The van der Waals surface area contributed by atoms with Crippen LogP contribution >= 0.6 is 23.4 Å². The molecule has 0 spiro atoms. The third kappa shape index (κ3) is 3.85. The van der Waals surface area contributed by atoms with Crippen LogP contribution in [0.2, 0.25) is 5.15 Å². The largest absolute Gasteiger partial charge is 0.330 e. The first-order chi connectivity index (χ1) is 9.10. The molecular weight excluding hydrogens is 276 g/mol. The quantitative estimate of drug-likeness (QED) is 0.846. The molecule has 1 atom stereocenters. The molecule has 0 radical (unpaired) electrons. The molecule has 0 saturated carbocycles. The van der Waals surface area contributed by atoms with Crippen LogP contribution in [0.4, 0.5) is 0 Å². The van der Waals surface area contributed by atoms with Crippen LogP contribution < -0.4 is 5.73 Å². The molecule has 4 heteroatoms. The molecule has 0 amide bonds. The maximum absolute atomic E-state index is 6.26. The van der Waals surface area contributed by atoms with E-state index in [2.05, 4.69) is 43.1 Å². The highest BCUT2D eigenvalue weighted by Crippen LogP contribution is 2.25. The number of rotatable bonds is 5. The van der Waals surface area contributed by atoms with Gasteiger partial charge < -0.3 is 5.73 Å². The summed E-state index contributed by atoms with van der Waals surface area (Å²) in [6.45, 7) is 4.96. The van der Waals surface area contributed by atoms with Gasteiger partial charge in [-0.15, -0.1) is 0 Å². The maximum Gasteiger partial charge on any atom is 0.133 e. The number of nitrogens with zero attached hydrogens (tertiary/aromatic N) is 1. The van der Waals surface area contributed by atoms with Crippen LogP contribution in [0.3, 0.4) is 0 Å². The summed E-state index contributed by atoms with van der Waals surface area (Å²) in [7, 11) is 0. The van der Waals surface area contributed by atoms with Crippen molar-refractivity contribution in [2.45, 2.75) is 19.6 Å². The van der Waals surface area contributed by atoms with Crippen LogP contribution in [-0.4, -0.2) is 17.3 Å². The van der Waals surface area contributed by atoms with Crippen molar-refractivity contribution in [3.63, 3.8) is 0 Å². The molecule has 1 aromatic carbocycles. The average Bonchev–Trinajstić information content (AvgIpc) is 2.39. The van der Waals surface area contributed by atoms with E-state index in [0.717, 1.165) is 34.5 Å². The summed E-state index contributed by atoms with van der Waals surface area (Å²) >= 11 is 8.12. The molecule has 2 aromatic rings. The second kappa shape index (κ2) is 6.60. The Morgan fingerprint density at radius 3 is 2.89 bits per heavy atom. The van der Waals surface area contributed by atoms with Gasteiger partial charge in [-0.25, -0.2) is 4.98 Å². The van der Waals surface area contributed by atoms with Crippen molar-refractivity contribution in [3.05, 3.63) is 40.5 Å². The van der Waals surface area contributed by atoms with Crippen molar-refractivity contribution in [2.75, 3.05) is 12.3 Å². The Morgan fingerprint density at radius 2 is 2.16 bits per heavy atom. The Hall–Kier alpha value is -0.770. The van der Waals surface area contributed by atoms with E-state index in [-0.39, 0.29) is 0 Å². The van der Waals surface area contributed by atoms with E-state index in [0.29, 0.717) is 11.1 Å². The van der Waals surface area contributed by atoms with E-state index in [1.165, 1.54) is 5.56 Å². The Balaban J connectivity index is 2.15. The van der Waals surface area contributed by atoms with Gasteiger partial charge in [-0.2, -0.15) is 11.8 Å². The Labute approximate surface area is 123 Å². The van der Waals surface area contributed by atoms with E-state index in [1.54, 1.807) is 0 Å². The number of thioether (sulfide) groups is 1. The zero-order chi connectivity index (χ0) is 13.8. The fourth-order valence-corrected chi connectivity index (χ4v) is 3.22. The van der Waals surface area contributed by atoms with Crippen LogP contribution in [0.5, 0.6) is 0 Å². The molecule has 19 heavy (non-hydrogen) atoms. The minimum Gasteiger partial charge on any atom is -0.330 e. The molecule has 2 N–H and O–H groups in total. The molecule has 102 valence electrons. The minimum absolute atomic E-state index is 0.542. The van der Waals surface area contributed by atoms with E-state index in [4.69, 9.17) is 17.3 Å². The lowest BCUT2D eigenvalue weighted by molar-refractivity contribution is 0.675. The van der Waals surface area contributed by atoms with Gasteiger partial charge in [0.2, 0.25) is 0 Å². The summed E-state index contributed by atoms with van der Waals surface area (Å²) in [6, 6.07) is 8.41. The minimum atomic E-state index is 0.542. The second-order valence-corrected chi connectivity index (χ2v) is 6.38. The number of hydrogen-bond acceptors (Lipinski definition) is 3. The molecule has 1 aromatic heterocycles. The molecule has 0 aliphatic rings. The lowest BCUT2D eigenvalue weighted by Crippen LogP contribution is -2.12. The van der Waals surface area contributed by atoms with Gasteiger partial charge in [-0.05, 0) is 42.8 Å². The van der Waals surface area contributed by atoms with Crippen LogP contribution in [-0.2, 0) is 5.75 Å². The Kier molecular flexibility index (Phi) is 5.08. The Bertz CT molecular complexity index is 571. The number of benzene rings is 1. The van der Waals surface area contributed by atoms with Gasteiger partial charge in [-0.1, -0.05) is 30.7 Å². The monoisotopic (exact) mass is 294 g/mol.